The number of aryl methyl sites for hydroxylation is 1. The number of hydrogen-bond acceptors (Lipinski definition) is 6. The maximum absolute atomic E-state index is 13.1. The first-order chi connectivity index (χ1) is 13.8. The number of aromatic nitrogens is 3. The van der Waals surface area contributed by atoms with Crippen LogP contribution in [0.4, 0.5) is 0 Å². The van der Waals surface area contributed by atoms with Crippen molar-refractivity contribution in [2.45, 2.75) is 52.6 Å². The van der Waals surface area contributed by atoms with E-state index in [2.05, 4.69) is 10.1 Å². The molecule has 2 aromatic rings. The number of rotatable bonds is 3. The molecule has 1 fully saturated rings. The van der Waals surface area contributed by atoms with Gasteiger partial charge in [0.1, 0.15) is 17.8 Å². The van der Waals surface area contributed by atoms with Crippen LogP contribution in [-0.4, -0.2) is 56.5 Å². The average Bonchev–Trinajstić information content (AvgIpc) is 3.33. The first-order valence-corrected chi connectivity index (χ1v) is 9.87. The SMILES string of the molecule is Cc1nc(=O)n(CC(=O)N2CCCC2c2noc3c2C(=O)N(C)CC3)c(C)c1C. The topological polar surface area (TPSA) is 102 Å². The number of nitrogens with zero attached hydrogens (tertiary/aromatic N) is 5. The first-order valence-electron chi connectivity index (χ1n) is 9.87. The number of amides is 2. The normalized spacial score (nSPS) is 19.0. The van der Waals surface area contributed by atoms with E-state index in [9.17, 15) is 14.4 Å². The third kappa shape index (κ3) is 3.14. The van der Waals surface area contributed by atoms with E-state index in [1.165, 1.54) is 4.57 Å². The lowest BCUT2D eigenvalue weighted by Gasteiger charge is -2.26. The van der Waals surface area contributed by atoms with Crippen LogP contribution in [0.3, 0.4) is 0 Å². The molecule has 4 heterocycles. The molecule has 1 unspecified atom stereocenters. The van der Waals surface area contributed by atoms with E-state index in [1.54, 1.807) is 23.8 Å². The molecule has 1 saturated heterocycles. The molecule has 0 spiro atoms. The highest BCUT2D eigenvalue weighted by Gasteiger charge is 2.39. The largest absolute Gasteiger partial charge is 0.360 e. The lowest BCUT2D eigenvalue weighted by molar-refractivity contribution is -0.133. The van der Waals surface area contributed by atoms with Gasteiger partial charge in [0, 0.05) is 37.9 Å². The van der Waals surface area contributed by atoms with Crippen LogP contribution in [0.15, 0.2) is 9.32 Å². The van der Waals surface area contributed by atoms with Crippen molar-refractivity contribution in [2.24, 2.45) is 0 Å². The summed E-state index contributed by atoms with van der Waals surface area (Å²) in [4.78, 5) is 45.5. The predicted octanol–water partition coefficient (Wildman–Crippen LogP) is 1.15. The molecule has 0 radical (unpaired) electrons. The minimum Gasteiger partial charge on any atom is -0.360 e. The van der Waals surface area contributed by atoms with Gasteiger partial charge >= 0.3 is 5.69 Å². The van der Waals surface area contributed by atoms with Gasteiger partial charge in [0.2, 0.25) is 5.91 Å². The Balaban J connectivity index is 1.63. The molecule has 29 heavy (non-hydrogen) atoms. The lowest BCUT2D eigenvalue weighted by Crippen LogP contribution is -2.39. The van der Waals surface area contributed by atoms with Gasteiger partial charge in [-0.25, -0.2) is 4.79 Å². The second-order valence-corrected chi connectivity index (χ2v) is 7.86. The highest BCUT2D eigenvalue weighted by molar-refractivity contribution is 5.97. The summed E-state index contributed by atoms with van der Waals surface area (Å²) in [6.45, 7) is 6.57. The van der Waals surface area contributed by atoms with Crippen molar-refractivity contribution in [2.75, 3.05) is 20.1 Å². The molecule has 0 aromatic carbocycles. The van der Waals surface area contributed by atoms with Crippen LogP contribution in [0.25, 0.3) is 0 Å². The van der Waals surface area contributed by atoms with Gasteiger partial charge in [0.05, 0.1) is 6.04 Å². The van der Waals surface area contributed by atoms with Crippen molar-refractivity contribution < 1.29 is 14.1 Å². The molecular weight excluding hydrogens is 374 g/mol. The van der Waals surface area contributed by atoms with Gasteiger partial charge in [-0.05, 0) is 39.2 Å². The fourth-order valence-corrected chi connectivity index (χ4v) is 4.18. The van der Waals surface area contributed by atoms with Gasteiger partial charge < -0.3 is 14.3 Å². The molecular formula is C20H25N5O4. The molecule has 0 N–H and O–H groups in total. The number of carbonyl (C=O) groups is 2. The molecule has 2 aliphatic heterocycles. The minimum absolute atomic E-state index is 0.0802. The third-order valence-corrected chi connectivity index (χ3v) is 6.19. The molecule has 9 nitrogen and oxygen atoms in total. The van der Waals surface area contributed by atoms with Gasteiger partial charge in [-0.3, -0.25) is 14.2 Å². The molecule has 2 aliphatic rings. The molecule has 9 heteroatoms. The molecule has 4 rings (SSSR count). The van der Waals surface area contributed by atoms with E-state index in [-0.39, 0.29) is 24.4 Å². The van der Waals surface area contributed by atoms with Gasteiger partial charge in [0.15, 0.2) is 5.76 Å². The average molecular weight is 399 g/mol. The van der Waals surface area contributed by atoms with Gasteiger partial charge in [-0.2, -0.15) is 4.98 Å². The van der Waals surface area contributed by atoms with Crippen molar-refractivity contribution in [1.29, 1.82) is 0 Å². The Kier molecular flexibility index (Phi) is 4.76. The Morgan fingerprint density at radius 2 is 1.97 bits per heavy atom. The van der Waals surface area contributed by atoms with Gasteiger partial charge in [-0.1, -0.05) is 5.16 Å². The van der Waals surface area contributed by atoms with Crippen LogP contribution >= 0.6 is 0 Å². The maximum atomic E-state index is 13.1. The molecule has 1 atom stereocenters. The monoisotopic (exact) mass is 399 g/mol. The number of hydrogen-bond donors (Lipinski definition) is 0. The van der Waals surface area contributed by atoms with E-state index in [0.29, 0.717) is 48.6 Å². The standard InChI is InChI=1S/C20H25N5O4/c1-11-12(2)21-20(28)25(13(11)3)10-16(26)24-8-5-6-14(24)18-17-15(29-22-18)7-9-23(4)19(17)27/h14H,5-10H2,1-4H3. The predicted molar refractivity (Wildman–Crippen MR) is 104 cm³/mol. The van der Waals surface area contributed by atoms with Crippen LogP contribution in [-0.2, 0) is 17.8 Å². The number of likely N-dealkylation sites (N-methyl/N-ethyl adjacent to an activating group) is 1. The number of likely N-dealkylation sites (tertiary alicyclic amines) is 1. The Labute approximate surface area is 168 Å². The highest BCUT2D eigenvalue weighted by Crippen LogP contribution is 2.36. The van der Waals surface area contributed by atoms with Gasteiger partial charge in [0.25, 0.3) is 5.91 Å². The second-order valence-electron chi connectivity index (χ2n) is 7.86. The third-order valence-electron chi connectivity index (χ3n) is 6.19. The van der Waals surface area contributed by atoms with Crippen molar-refractivity contribution in [3.8, 4) is 0 Å². The summed E-state index contributed by atoms with van der Waals surface area (Å²) in [7, 11) is 1.75. The van der Waals surface area contributed by atoms with Crippen molar-refractivity contribution in [3.63, 3.8) is 0 Å². The summed E-state index contributed by atoms with van der Waals surface area (Å²) in [5.41, 5.74) is 2.91. The Hall–Kier alpha value is -2.97. The number of carbonyl (C=O) groups excluding carboxylic acids is 2. The van der Waals surface area contributed by atoms with Crippen LogP contribution in [0, 0.1) is 20.8 Å². The zero-order chi connectivity index (χ0) is 20.9. The summed E-state index contributed by atoms with van der Waals surface area (Å²) < 4.78 is 6.84. The molecule has 0 aliphatic carbocycles. The van der Waals surface area contributed by atoms with E-state index >= 15 is 0 Å². The minimum atomic E-state index is -0.426. The van der Waals surface area contributed by atoms with Crippen molar-refractivity contribution in [3.05, 3.63) is 44.5 Å². The second kappa shape index (κ2) is 7.13. The molecule has 0 saturated carbocycles. The highest BCUT2D eigenvalue weighted by atomic mass is 16.5. The molecule has 2 aromatic heterocycles. The van der Waals surface area contributed by atoms with Crippen molar-refractivity contribution in [1.82, 2.24) is 24.5 Å². The molecule has 0 bridgehead atoms. The maximum Gasteiger partial charge on any atom is 0.348 e. The fourth-order valence-electron chi connectivity index (χ4n) is 4.18. The molecule has 2 amide bonds. The summed E-state index contributed by atoms with van der Waals surface area (Å²) in [5.74, 6) is 0.288. The van der Waals surface area contributed by atoms with E-state index in [0.717, 1.165) is 17.7 Å². The summed E-state index contributed by atoms with van der Waals surface area (Å²) >= 11 is 0. The van der Waals surface area contributed by atoms with E-state index < -0.39 is 5.69 Å². The van der Waals surface area contributed by atoms with Crippen LogP contribution in [0.2, 0.25) is 0 Å². The Bertz CT molecular complexity index is 1050. The Morgan fingerprint density at radius 3 is 2.72 bits per heavy atom. The van der Waals surface area contributed by atoms with E-state index in [4.69, 9.17) is 4.52 Å². The molecule has 154 valence electrons. The zero-order valence-electron chi connectivity index (χ0n) is 17.2. The zero-order valence-corrected chi connectivity index (χ0v) is 17.2. The summed E-state index contributed by atoms with van der Waals surface area (Å²) in [6.07, 6.45) is 2.13. The Morgan fingerprint density at radius 1 is 1.21 bits per heavy atom. The van der Waals surface area contributed by atoms with Gasteiger partial charge in [-0.15, -0.1) is 0 Å². The first kappa shape index (κ1) is 19.4. The van der Waals surface area contributed by atoms with E-state index in [1.807, 2.05) is 13.8 Å². The summed E-state index contributed by atoms with van der Waals surface area (Å²) in [5, 5.41) is 4.17. The van der Waals surface area contributed by atoms with Crippen molar-refractivity contribution >= 4 is 11.8 Å². The van der Waals surface area contributed by atoms with Crippen LogP contribution < -0.4 is 5.69 Å². The number of fused-ring (bicyclic) bond motifs is 1. The van der Waals surface area contributed by atoms with Crippen LogP contribution in [0.1, 0.15) is 57.6 Å². The quantitative estimate of drug-likeness (QED) is 0.767. The fraction of sp³-hybridized carbons (Fsp3) is 0.550. The van der Waals surface area contributed by atoms with Crippen LogP contribution in [0.5, 0.6) is 0 Å². The summed E-state index contributed by atoms with van der Waals surface area (Å²) in [6, 6.07) is -0.319. The lowest BCUT2D eigenvalue weighted by atomic mass is 10.00. The smallest absolute Gasteiger partial charge is 0.348 e.